The van der Waals surface area contributed by atoms with Crippen LogP contribution in [0.15, 0.2) is 0 Å². The second kappa shape index (κ2) is 6.96. The molecule has 1 rings (SSSR count). The van der Waals surface area contributed by atoms with E-state index in [0.717, 1.165) is 52.0 Å². The van der Waals surface area contributed by atoms with E-state index in [4.69, 9.17) is 4.74 Å². The first-order valence-electron chi connectivity index (χ1n) is 5.97. The van der Waals surface area contributed by atoms with Gasteiger partial charge >= 0.3 is 0 Å². The third kappa shape index (κ3) is 5.28. The second-order valence-electron chi connectivity index (χ2n) is 4.78. The maximum absolute atomic E-state index is 10.6. The highest BCUT2D eigenvalue weighted by atomic mass is 16.5. The minimum absolute atomic E-state index is 0.304. The maximum atomic E-state index is 10.6. The van der Waals surface area contributed by atoms with Crippen LogP contribution < -0.4 is 0 Å². The molecule has 0 saturated carbocycles. The Hall–Kier alpha value is -0.410. The van der Waals surface area contributed by atoms with Crippen molar-refractivity contribution < 1.29 is 9.53 Å². The molecule has 1 fully saturated rings. The molecule has 1 aliphatic heterocycles. The summed E-state index contributed by atoms with van der Waals surface area (Å²) in [6, 6.07) is 0. The monoisotopic (exact) mass is 213 g/mol. The fraction of sp³-hybridized carbons (Fsp3) is 0.917. The highest BCUT2D eigenvalue weighted by molar-refractivity contribution is 5.53. The SMILES string of the molecule is CC(C)COCCN1CCC(C=O)CC1. The van der Waals surface area contributed by atoms with Crippen molar-refractivity contribution >= 4 is 6.29 Å². The average molecular weight is 213 g/mol. The van der Waals surface area contributed by atoms with Gasteiger partial charge in [0, 0.05) is 19.1 Å². The van der Waals surface area contributed by atoms with Gasteiger partial charge in [0.1, 0.15) is 6.29 Å². The van der Waals surface area contributed by atoms with Crippen molar-refractivity contribution in [1.29, 1.82) is 0 Å². The molecule has 0 aromatic carbocycles. The van der Waals surface area contributed by atoms with Gasteiger partial charge in [0.05, 0.1) is 6.61 Å². The lowest BCUT2D eigenvalue weighted by molar-refractivity contribution is -0.112. The summed E-state index contributed by atoms with van der Waals surface area (Å²) >= 11 is 0. The van der Waals surface area contributed by atoms with Crippen LogP contribution in [0.3, 0.4) is 0 Å². The van der Waals surface area contributed by atoms with Crippen molar-refractivity contribution in [1.82, 2.24) is 4.90 Å². The Kier molecular flexibility index (Phi) is 5.88. The third-order valence-electron chi connectivity index (χ3n) is 2.83. The standard InChI is InChI=1S/C12H23NO2/c1-11(2)10-15-8-7-13-5-3-12(9-14)4-6-13/h9,11-12H,3-8,10H2,1-2H3. The largest absolute Gasteiger partial charge is 0.380 e. The Morgan fingerprint density at radius 3 is 2.60 bits per heavy atom. The minimum atomic E-state index is 0.304. The highest BCUT2D eigenvalue weighted by Gasteiger charge is 2.17. The Morgan fingerprint density at radius 2 is 2.07 bits per heavy atom. The minimum Gasteiger partial charge on any atom is -0.380 e. The molecule has 15 heavy (non-hydrogen) atoms. The number of nitrogens with zero attached hydrogens (tertiary/aromatic N) is 1. The molecule has 0 spiro atoms. The Morgan fingerprint density at radius 1 is 1.40 bits per heavy atom. The molecule has 0 atom stereocenters. The zero-order chi connectivity index (χ0) is 11.1. The van der Waals surface area contributed by atoms with Gasteiger partial charge in [-0.05, 0) is 31.8 Å². The van der Waals surface area contributed by atoms with Crippen LogP contribution in [-0.2, 0) is 9.53 Å². The van der Waals surface area contributed by atoms with E-state index in [-0.39, 0.29) is 0 Å². The van der Waals surface area contributed by atoms with Gasteiger partial charge in [-0.2, -0.15) is 0 Å². The number of carbonyl (C=O) groups is 1. The Bertz CT molecular complexity index is 174. The van der Waals surface area contributed by atoms with Crippen LogP contribution >= 0.6 is 0 Å². The van der Waals surface area contributed by atoms with Gasteiger partial charge in [0.2, 0.25) is 0 Å². The summed E-state index contributed by atoms with van der Waals surface area (Å²) < 4.78 is 5.54. The van der Waals surface area contributed by atoms with E-state index in [1.807, 2.05) is 0 Å². The van der Waals surface area contributed by atoms with E-state index >= 15 is 0 Å². The molecule has 0 aromatic rings. The number of carbonyl (C=O) groups excluding carboxylic acids is 1. The van der Waals surface area contributed by atoms with Crippen LogP contribution in [0.1, 0.15) is 26.7 Å². The molecule has 0 aromatic heterocycles. The van der Waals surface area contributed by atoms with E-state index < -0.39 is 0 Å². The predicted octanol–water partition coefficient (Wildman–Crippen LogP) is 1.57. The van der Waals surface area contributed by atoms with E-state index in [1.54, 1.807) is 0 Å². The lowest BCUT2D eigenvalue weighted by Crippen LogP contribution is -2.36. The van der Waals surface area contributed by atoms with E-state index in [2.05, 4.69) is 18.7 Å². The van der Waals surface area contributed by atoms with Crippen LogP contribution in [0.5, 0.6) is 0 Å². The molecule has 0 N–H and O–H groups in total. The number of ether oxygens (including phenoxy) is 1. The normalized spacial score (nSPS) is 19.7. The van der Waals surface area contributed by atoms with Gasteiger partial charge < -0.3 is 14.4 Å². The van der Waals surface area contributed by atoms with Crippen molar-refractivity contribution in [3.05, 3.63) is 0 Å². The molecule has 0 unspecified atom stereocenters. The lowest BCUT2D eigenvalue weighted by Gasteiger charge is -2.29. The topological polar surface area (TPSA) is 29.5 Å². The molecular weight excluding hydrogens is 190 g/mol. The van der Waals surface area contributed by atoms with Crippen LogP contribution in [-0.4, -0.2) is 44.0 Å². The summed E-state index contributed by atoms with van der Waals surface area (Å²) in [6.07, 6.45) is 3.15. The molecule has 3 nitrogen and oxygen atoms in total. The quantitative estimate of drug-likeness (QED) is 0.495. The van der Waals surface area contributed by atoms with E-state index in [9.17, 15) is 4.79 Å². The maximum Gasteiger partial charge on any atom is 0.123 e. The molecule has 1 saturated heterocycles. The zero-order valence-corrected chi connectivity index (χ0v) is 9.95. The molecule has 3 heteroatoms. The summed E-state index contributed by atoms with van der Waals surface area (Å²) in [5, 5.41) is 0. The predicted molar refractivity (Wildman–Crippen MR) is 60.9 cm³/mol. The average Bonchev–Trinajstić information content (AvgIpc) is 2.25. The van der Waals surface area contributed by atoms with Crippen LogP contribution in [0.4, 0.5) is 0 Å². The Balaban J connectivity index is 2.01. The lowest BCUT2D eigenvalue weighted by atomic mass is 9.99. The molecule has 1 aliphatic rings. The second-order valence-corrected chi connectivity index (χ2v) is 4.78. The molecule has 0 radical (unpaired) electrons. The third-order valence-corrected chi connectivity index (χ3v) is 2.83. The number of likely N-dealkylation sites (tertiary alicyclic amines) is 1. The first kappa shape index (κ1) is 12.7. The summed E-state index contributed by atoms with van der Waals surface area (Å²) in [6.45, 7) is 9.11. The van der Waals surface area contributed by atoms with Crippen LogP contribution in [0.2, 0.25) is 0 Å². The van der Waals surface area contributed by atoms with Crippen molar-refractivity contribution in [2.24, 2.45) is 11.8 Å². The number of hydrogen-bond donors (Lipinski definition) is 0. The van der Waals surface area contributed by atoms with Gasteiger partial charge in [0.25, 0.3) is 0 Å². The summed E-state index contributed by atoms with van der Waals surface area (Å²) in [5.74, 6) is 0.920. The smallest absolute Gasteiger partial charge is 0.123 e. The van der Waals surface area contributed by atoms with Gasteiger partial charge in [-0.15, -0.1) is 0 Å². The van der Waals surface area contributed by atoms with Crippen molar-refractivity contribution in [2.45, 2.75) is 26.7 Å². The van der Waals surface area contributed by atoms with Gasteiger partial charge in [0.15, 0.2) is 0 Å². The van der Waals surface area contributed by atoms with E-state index in [0.29, 0.717) is 11.8 Å². The number of hydrogen-bond acceptors (Lipinski definition) is 3. The van der Waals surface area contributed by atoms with Gasteiger partial charge in [-0.1, -0.05) is 13.8 Å². The molecule has 1 heterocycles. The Labute approximate surface area is 92.8 Å². The number of aldehydes is 1. The van der Waals surface area contributed by atoms with Gasteiger partial charge in [-0.25, -0.2) is 0 Å². The first-order chi connectivity index (χ1) is 7.22. The van der Waals surface area contributed by atoms with Gasteiger partial charge in [-0.3, -0.25) is 0 Å². The summed E-state index contributed by atoms with van der Waals surface area (Å²) in [4.78, 5) is 12.9. The molecule has 0 bridgehead atoms. The molecular formula is C12H23NO2. The number of piperidine rings is 1. The summed E-state index contributed by atoms with van der Waals surface area (Å²) in [5.41, 5.74) is 0. The van der Waals surface area contributed by atoms with Crippen molar-refractivity contribution in [3.63, 3.8) is 0 Å². The van der Waals surface area contributed by atoms with E-state index in [1.165, 1.54) is 0 Å². The fourth-order valence-corrected chi connectivity index (χ4v) is 1.83. The first-order valence-corrected chi connectivity index (χ1v) is 5.97. The van der Waals surface area contributed by atoms with Crippen molar-refractivity contribution in [3.8, 4) is 0 Å². The molecule has 0 amide bonds. The van der Waals surface area contributed by atoms with Crippen LogP contribution in [0, 0.1) is 11.8 Å². The molecule has 0 aliphatic carbocycles. The molecule has 88 valence electrons. The number of rotatable bonds is 6. The fourth-order valence-electron chi connectivity index (χ4n) is 1.83. The summed E-state index contributed by atoms with van der Waals surface area (Å²) in [7, 11) is 0. The highest BCUT2D eigenvalue weighted by Crippen LogP contribution is 2.14. The van der Waals surface area contributed by atoms with Crippen LogP contribution in [0.25, 0.3) is 0 Å². The van der Waals surface area contributed by atoms with Crippen molar-refractivity contribution in [2.75, 3.05) is 32.8 Å². The zero-order valence-electron chi connectivity index (χ0n) is 9.95.